The molecule has 2 aromatic carbocycles. The predicted octanol–water partition coefficient (Wildman–Crippen LogP) is 3.15. The van der Waals surface area contributed by atoms with Crippen molar-refractivity contribution in [3.8, 4) is 0 Å². The van der Waals surface area contributed by atoms with Crippen LogP contribution in [0.3, 0.4) is 0 Å². The smallest absolute Gasteiger partial charge is 0.216 e. The van der Waals surface area contributed by atoms with Gasteiger partial charge in [-0.25, -0.2) is 17.5 Å². The minimum absolute atomic E-state index is 0.164. The van der Waals surface area contributed by atoms with E-state index in [1.165, 1.54) is 29.4 Å². The molecule has 0 radical (unpaired) electrons. The van der Waals surface area contributed by atoms with Gasteiger partial charge in [0, 0.05) is 37.9 Å². The number of hydrogen-bond donors (Lipinski definition) is 1. The third-order valence-electron chi connectivity index (χ3n) is 5.24. The molecule has 1 atom stereocenters. The molecule has 158 valence electrons. The Hall–Kier alpha value is -1.96. The van der Waals surface area contributed by atoms with Gasteiger partial charge >= 0.3 is 0 Å². The molecule has 0 spiro atoms. The number of aryl methyl sites for hydroxylation is 1. The number of piperazine rings is 1. The summed E-state index contributed by atoms with van der Waals surface area (Å²) in [5.41, 5.74) is 2.99. The van der Waals surface area contributed by atoms with Crippen LogP contribution >= 0.6 is 0 Å². The first-order valence-electron chi connectivity index (χ1n) is 10.1. The number of sulfonamides is 1. The molecule has 1 N–H and O–H groups in total. The molecule has 0 saturated carbocycles. The van der Waals surface area contributed by atoms with Crippen LogP contribution in [0.4, 0.5) is 10.1 Å². The summed E-state index contributed by atoms with van der Waals surface area (Å²) in [7, 11) is -3.50. The van der Waals surface area contributed by atoms with Crippen LogP contribution < -0.4 is 9.62 Å². The third-order valence-corrected chi connectivity index (χ3v) is 6.72. The lowest BCUT2D eigenvalue weighted by Gasteiger charge is -2.36. The van der Waals surface area contributed by atoms with Crippen LogP contribution in [0.5, 0.6) is 0 Å². The standard InChI is InChI=1S/C22H30FN3O2S/c1-18-5-3-8-22(15-18)26-13-11-25(12-14-26)10-9-19(2)24-29(27,28)17-20-6-4-7-21(23)16-20/h3-8,15-16,19,24H,9-14,17H2,1-2H3. The van der Waals surface area contributed by atoms with Gasteiger partial charge in [0.05, 0.1) is 5.75 Å². The maximum absolute atomic E-state index is 13.3. The van der Waals surface area contributed by atoms with Crippen molar-refractivity contribution in [1.82, 2.24) is 9.62 Å². The van der Waals surface area contributed by atoms with E-state index < -0.39 is 15.8 Å². The van der Waals surface area contributed by atoms with Crippen molar-refractivity contribution < 1.29 is 12.8 Å². The van der Waals surface area contributed by atoms with Gasteiger partial charge in [0.25, 0.3) is 0 Å². The van der Waals surface area contributed by atoms with Crippen LogP contribution in [0.1, 0.15) is 24.5 Å². The van der Waals surface area contributed by atoms with Gasteiger partial charge in [-0.2, -0.15) is 0 Å². The molecule has 3 rings (SSSR count). The number of nitrogens with zero attached hydrogens (tertiary/aromatic N) is 2. The van der Waals surface area contributed by atoms with Gasteiger partial charge in [-0.15, -0.1) is 0 Å². The Labute approximate surface area is 173 Å². The monoisotopic (exact) mass is 419 g/mol. The Morgan fingerprint density at radius 2 is 1.79 bits per heavy atom. The highest BCUT2D eigenvalue weighted by molar-refractivity contribution is 7.88. The Bertz CT molecular complexity index is 912. The summed E-state index contributed by atoms with van der Waals surface area (Å²) < 4.78 is 40.7. The van der Waals surface area contributed by atoms with E-state index in [0.29, 0.717) is 5.56 Å². The van der Waals surface area contributed by atoms with E-state index in [2.05, 4.69) is 45.7 Å². The van der Waals surface area contributed by atoms with Crippen LogP contribution in [0, 0.1) is 12.7 Å². The number of anilines is 1. The lowest BCUT2D eigenvalue weighted by molar-refractivity contribution is 0.248. The summed E-state index contributed by atoms with van der Waals surface area (Å²) in [5.74, 6) is -0.625. The van der Waals surface area contributed by atoms with Crippen LogP contribution in [-0.4, -0.2) is 52.1 Å². The average Bonchev–Trinajstić information content (AvgIpc) is 2.66. The van der Waals surface area contributed by atoms with Gasteiger partial charge in [-0.05, 0) is 62.2 Å². The number of benzene rings is 2. The fourth-order valence-corrected chi connectivity index (χ4v) is 5.12. The summed E-state index contributed by atoms with van der Waals surface area (Å²) in [5, 5.41) is 0. The van der Waals surface area contributed by atoms with Crippen LogP contribution in [-0.2, 0) is 15.8 Å². The van der Waals surface area contributed by atoms with Crippen LogP contribution in [0.25, 0.3) is 0 Å². The Morgan fingerprint density at radius 3 is 2.48 bits per heavy atom. The molecule has 7 heteroatoms. The zero-order valence-corrected chi connectivity index (χ0v) is 18.0. The van der Waals surface area contributed by atoms with Gasteiger partial charge < -0.3 is 4.90 Å². The molecule has 29 heavy (non-hydrogen) atoms. The number of rotatable bonds is 8. The summed E-state index contributed by atoms with van der Waals surface area (Å²) in [4.78, 5) is 4.78. The summed E-state index contributed by atoms with van der Waals surface area (Å²) in [6.45, 7) is 8.73. The predicted molar refractivity (Wildman–Crippen MR) is 116 cm³/mol. The van der Waals surface area contributed by atoms with Gasteiger partial charge in [-0.1, -0.05) is 24.3 Å². The largest absolute Gasteiger partial charge is 0.369 e. The normalized spacial score (nSPS) is 16.7. The number of nitrogens with one attached hydrogen (secondary N) is 1. The molecule has 1 saturated heterocycles. The Kier molecular flexibility index (Phi) is 7.27. The number of hydrogen-bond acceptors (Lipinski definition) is 4. The molecule has 0 amide bonds. The maximum atomic E-state index is 13.3. The highest BCUT2D eigenvalue weighted by Gasteiger charge is 2.20. The van der Waals surface area contributed by atoms with E-state index in [9.17, 15) is 12.8 Å². The van der Waals surface area contributed by atoms with E-state index in [4.69, 9.17) is 0 Å². The highest BCUT2D eigenvalue weighted by atomic mass is 32.2. The summed E-state index contributed by atoms with van der Waals surface area (Å²) >= 11 is 0. The van der Waals surface area contributed by atoms with Crippen molar-refractivity contribution in [2.24, 2.45) is 0 Å². The van der Waals surface area contributed by atoms with Crippen molar-refractivity contribution in [1.29, 1.82) is 0 Å². The molecule has 1 aliphatic rings. The van der Waals surface area contributed by atoms with E-state index in [1.54, 1.807) is 6.07 Å². The second kappa shape index (κ2) is 9.69. The molecule has 0 aromatic heterocycles. The third kappa shape index (κ3) is 6.80. The topological polar surface area (TPSA) is 52.6 Å². The minimum atomic E-state index is -3.50. The fourth-order valence-electron chi connectivity index (χ4n) is 3.68. The quantitative estimate of drug-likeness (QED) is 0.714. The first-order valence-corrected chi connectivity index (χ1v) is 11.7. The zero-order valence-electron chi connectivity index (χ0n) is 17.1. The van der Waals surface area contributed by atoms with Crippen molar-refractivity contribution >= 4 is 15.7 Å². The molecule has 2 aromatic rings. The molecule has 1 fully saturated rings. The minimum Gasteiger partial charge on any atom is -0.369 e. The first-order chi connectivity index (χ1) is 13.8. The number of halogens is 1. The molecular formula is C22H30FN3O2S. The SMILES string of the molecule is Cc1cccc(N2CCN(CCC(C)NS(=O)(=O)Cc3cccc(F)c3)CC2)c1. The molecule has 5 nitrogen and oxygen atoms in total. The molecule has 1 heterocycles. The highest BCUT2D eigenvalue weighted by Crippen LogP contribution is 2.18. The van der Waals surface area contributed by atoms with Gasteiger partial charge in [0.1, 0.15) is 5.82 Å². The van der Waals surface area contributed by atoms with Crippen molar-refractivity contribution in [2.75, 3.05) is 37.6 Å². The van der Waals surface area contributed by atoms with Crippen LogP contribution in [0.2, 0.25) is 0 Å². The van der Waals surface area contributed by atoms with Gasteiger partial charge in [-0.3, -0.25) is 4.90 Å². The first kappa shape index (κ1) is 21.7. The van der Waals surface area contributed by atoms with E-state index in [-0.39, 0.29) is 11.8 Å². The second-order valence-corrected chi connectivity index (χ2v) is 9.62. The molecule has 0 aliphatic carbocycles. The Morgan fingerprint density at radius 1 is 1.07 bits per heavy atom. The van der Waals surface area contributed by atoms with E-state index >= 15 is 0 Å². The van der Waals surface area contributed by atoms with Crippen molar-refractivity contribution in [3.05, 3.63) is 65.5 Å². The molecule has 1 aliphatic heterocycles. The summed E-state index contributed by atoms with van der Waals surface area (Å²) in [6.07, 6.45) is 0.743. The lowest BCUT2D eigenvalue weighted by atomic mass is 10.2. The summed E-state index contributed by atoms with van der Waals surface area (Å²) in [6, 6.07) is 14.1. The van der Waals surface area contributed by atoms with Gasteiger partial charge in [0.2, 0.25) is 10.0 Å². The van der Waals surface area contributed by atoms with Crippen molar-refractivity contribution in [3.63, 3.8) is 0 Å². The zero-order chi connectivity index (χ0) is 20.9. The molecular weight excluding hydrogens is 389 g/mol. The van der Waals surface area contributed by atoms with Crippen molar-refractivity contribution in [2.45, 2.75) is 32.1 Å². The fraction of sp³-hybridized carbons (Fsp3) is 0.455. The van der Waals surface area contributed by atoms with E-state index in [1.807, 2.05) is 6.92 Å². The van der Waals surface area contributed by atoms with Gasteiger partial charge in [0.15, 0.2) is 0 Å². The van der Waals surface area contributed by atoms with Crippen LogP contribution in [0.15, 0.2) is 48.5 Å². The average molecular weight is 420 g/mol. The lowest BCUT2D eigenvalue weighted by Crippen LogP contribution is -2.47. The Balaban J connectivity index is 1.42. The molecule has 0 bridgehead atoms. The molecule has 1 unspecified atom stereocenters. The maximum Gasteiger partial charge on any atom is 0.216 e. The van der Waals surface area contributed by atoms with E-state index in [0.717, 1.165) is 39.1 Å². The second-order valence-electron chi connectivity index (χ2n) is 7.86.